The average molecular weight is 241 g/mol. The van der Waals surface area contributed by atoms with Crippen molar-refractivity contribution >= 4 is 17.3 Å². The highest BCUT2D eigenvalue weighted by Gasteiger charge is 2.31. The molecular formula is C12H17ClN2O. The van der Waals surface area contributed by atoms with Crippen molar-refractivity contribution in [2.75, 3.05) is 25.1 Å². The fourth-order valence-corrected chi connectivity index (χ4v) is 2.23. The van der Waals surface area contributed by atoms with Crippen LogP contribution < -0.4 is 11.1 Å². The van der Waals surface area contributed by atoms with Crippen molar-refractivity contribution in [3.8, 4) is 0 Å². The SMILES string of the molecule is NCC1(Nc2cccc(Cl)c2)CCCOC1. The Kier molecular flexibility index (Phi) is 3.69. The van der Waals surface area contributed by atoms with E-state index >= 15 is 0 Å². The number of hydrogen-bond donors (Lipinski definition) is 2. The lowest BCUT2D eigenvalue weighted by atomic mass is 9.92. The molecule has 0 amide bonds. The molecule has 3 N–H and O–H groups in total. The molecule has 88 valence electrons. The second-order valence-electron chi connectivity index (χ2n) is 4.28. The summed E-state index contributed by atoms with van der Waals surface area (Å²) in [5, 5.41) is 4.18. The summed E-state index contributed by atoms with van der Waals surface area (Å²) >= 11 is 5.95. The lowest BCUT2D eigenvalue weighted by Crippen LogP contribution is -2.51. The van der Waals surface area contributed by atoms with Crippen molar-refractivity contribution < 1.29 is 4.74 Å². The third-order valence-corrected chi connectivity index (χ3v) is 3.18. The van der Waals surface area contributed by atoms with E-state index in [4.69, 9.17) is 22.1 Å². The molecule has 1 saturated heterocycles. The number of ether oxygens (including phenoxy) is 1. The highest BCUT2D eigenvalue weighted by molar-refractivity contribution is 6.30. The van der Waals surface area contributed by atoms with Crippen molar-refractivity contribution in [1.82, 2.24) is 0 Å². The molecule has 0 radical (unpaired) electrons. The minimum absolute atomic E-state index is 0.136. The van der Waals surface area contributed by atoms with Crippen LogP contribution in [0.1, 0.15) is 12.8 Å². The molecule has 1 atom stereocenters. The van der Waals surface area contributed by atoms with Crippen molar-refractivity contribution in [2.24, 2.45) is 5.73 Å². The van der Waals surface area contributed by atoms with Gasteiger partial charge in [0.2, 0.25) is 0 Å². The molecule has 3 nitrogen and oxygen atoms in total. The quantitative estimate of drug-likeness (QED) is 0.852. The van der Waals surface area contributed by atoms with Gasteiger partial charge < -0.3 is 15.8 Å². The largest absolute Gasteiger partial charge is 0.379 e. The molecule has 1 aliphatic heterocycles. The third kappa shape index (κ3) is 2.67. The van der Waals surface area contributed by atoms with Crippen LogP contribution in [0.25, 0.3) is 0 Å². The molecule has 0 aromatic heterocycles. The Morgan fingerprint density at radius 1 is 1.50 bits per heavy atom. The first kappa shape index (κ1) is 11.7. The smallest absolute Gasteiger partial charge is 0.0729 e. The van der Waals surface area contributed by atoms with E-state index in [1.807, 2.05) is 24.3 Å². The van der Waals surface area contributed by atoms with Gasteiger partial charge in [-0.2, -0.15) is 0 Å². The topological polar surface area (TPSA) is 47.3 Å². The molecule has 16 heavy (non-hydrogen) atoms. The minimum atomic E-state index is -0.136. The molecule has 1 fully saturated rings. The van der Waals surface area contributed by atoms with E-state index < -0.39 is 0 Å². The molecule has 1 heterocycles. The van der Waals surface area contributed by atoms with Crippen molar-refractivity contribution in [3.63, 3.8) is 0 Å². The van der Waals surface area contributed by atoms with E-state index in [0.29, 0.717) is 13.2 Å². The molecule has 4 heteroatoms. The van der Waals surface area contributed by atoms with Crippen LogP contribution in [-0.4, -0.2) is 25.3 Å². The molecule has 1 aliphatic rings. The van der Waals surface area contributed by atoms with Gasteiger partial charge in [0, 0.05) is 23.9 Å². The first-order valence-electron chi connectivity index (χ1n) is 5.56. The Labute approximate surface area is 101 Å². The lowest BCUT2D eigenvalue weighted by Gasteiger charge is -2.37. The first-order valence-corrected chi connectivity index (χ1v) is 5.93. The molecule has 1 aromatic rings. The van der Waals surface area contributed by atoms with Gasteiger partial charge in [-0.25, -0.2) is 0 Å². The van der Waals surface area contributed by atoms with Crippen LogP contribution in [0.15, 0.2) is 24.3 Å². The van der Waals surface area contributed by atoms with Gasteiger partial charge >= 0.3 is 0 Å². The van der Waals surface area contributed by atoms with Gasteiger partial charge in [0.25, 0.3) is 0 Å². The van der Waals surface area contributed by atoms with Crippen molar-refractivity contribution in [2.45, 2.75) is 18.4 Å². The zero-order chi connectivity index (χ0) is 11.4. The summed E-state index contributed by atoms with van der Waals surface area (Å²) in [6.45, 7) is 2.06. The number of nitrogens with one attached hydrogen (secondary N) is 1. The number of hydrogen-bond acceptors (Lipinski definition) is 3. The highest BCUT2D eigenvalue weighted by Crippen LogP contribution is 2.25. The zero-order valence-electron chi connectivity index (χ0n) is 9.21. The molecule has 2 rings (SSSR count). The van der Waals surface area contributed by atoms with E-state index in [1.165, 1.54) is 0 Å². The Morgan fingerprint density at radius 2 is 2.38 bits per heavy atom. The van der Waals surface area contributed by atoms with E-state index in [9.17, 15) is 0 Å². The van der Waals surface area contributed by atoms with E-state index in [-0.39, 0.29) is 5.54 Å². The van der Waals surface area contributed by atoms with Gasteiger partial charge in [-0.1, -0.05) is 17.7 Å². The summed E-state index contributed by atoms with van der Waals surface area (Å²) in [4.78, 5) is 0. The second-order valence-corrected chi connectivity index (χ2v) is 4.71. The highest BCUT2D eigenvalue weighted by atomic mass is 35.5. The summed E-state index contributed by atoms with van der Waals surface area (Å²) in [5.41, 5.74) is 6.72. The number of nitrogens with two attached hydrogens (primary N) is 1. The summed E-state index contributed by atoms with van der Waals surface area (Å²) in [6, 6.07) is 7.70. The normalized spacial score (nSPS) is 25.4. The Hall–Kier alpha value is -0.770. The van der Waals surface area contributed by atoms with Crippen LogP contribution >= 0.6 is 11.6 Å². The maximum Gasteiger partial charge on any atom is 0.0729 e. The van der Waals surface area contributed by atoms with Crippen molar-refractivity contribution in [1.29, 1.82) is 0 Å². The van der Waals surface area contributed by atoms with E-state index in [0.717, 1.165) is 30.2 Å². The minimum Gasteiger partial charge on any atom is -0.379 e. The van der Waals surface area contributed by atoms with Crippen LogP contribution in [0.4, 0.5) is 5.69 Å². The summed E-state index contributed by atoms with van der Waals surface area (Å²) in [7, 11) is 0. The molecule has 1 unspecified atom stereocenters. The monoisotopic (exact) mass is 240 g/mol. The van der Waals surface area contributed by atoms with Crippen LogP contribution in [0.3, 0.4) is 0 Å². The fourth-order valence-electron chi connectivity index (χ4n) is 2.04. The predicted molar refractivity (Wildman–Crippen MR) is 66.9 cm³/mol. The molecule has 1 aromatic carbocycles. The molecular weight excluding hydrogens is 224 g/mol. The van der Waals surface area contributed by atoms with Gasteiger partial charge in [0.05, 0.1) is 12.1 Å². The summed E-state index contributed by atoms with van der Waals surface area (Å²) in [6.07, 6.45) is 2.08. The fraction of sp³-hybridized carbons (Fsp3) is 0.500. The maximum atomic E-state index is 5.95. The summed E-state index contributed by atoms with van der Waals surface area (Å²) in [5.74, 6) is 0. The molecule has 0 bridgehead atoms. The van der Waals surface area contributed by atoms with Crippen molar-refractivity contribution in [3.05, 3.63) is 29.3 Å². The molecule has 0 aliphatic carbocycles. The van der Waals surface area contributed by atoms with Crippen LogP contribution in [0.2, 0.25) is 5.02 Å². The number of halogens is 1. The van der Waals surface area contributed by atoms with Gasteiger partial charge in [0.1, 0.15) is 0 Å². The number of anilines is 1. The Bertz CT molecular complexity index is 351. The van der Waals surface area contributed by atoms with Gasteiger partial charge in [-0.15, -0.1) is 0 Å². The standard InChI is InChI=1S/C12H17ClN2O/c13-10-3-1-4-11(7-10)15-12(8-14)5-2-6-16-9-12/h1,3-4,7,15H,2,5-6,8-9,14H2. The number of benzene rings is 1. The Balaban J connectivity index is 2.11. The first-order chi connectivity index (χ1) is 7.74. The van der Waals surface area contributed by atoms with Crippen LogP contribution in [0, 0.1) is 0 Å². The molecule has 0 saturated carbocycles. The lowest BCUT2D eigenvalue weighted by molar-refractivity contribution is 0.0502. The third-order valence-electron chi connectivity index (χ3n) is 2.95. The van der Waals surface area contributed by atoms with Crippen LogP contribution in [0.5, 0.6) is 0 Å². The molecule has 0 spiro atoms. The van der Waals surface area contributed by atoms with Gasteiger partial charge in [-0.05, 0) is 31.0 Å². The Morgan fingerprint density at radius 3 is 3.00 bits per heavy atom. The summed E-state index contributed by atoms with van der Waals surface area (Å²) < 4.78 is 5.50. The van der Waals surface area contributed by atoms with Crippen LogP contribution in [-0.2, 0) is 4.74 Å². The van der Waals surface area contributed by atoms with Gasteiger partial charge in [0.15, 0.2) is 0 Å². The van der Waals surface area contributed by atoms with E-state index in [2.05, 4.69) is 5.32 Å². The number of rotatable bonds is 3. The van der Waals surface area contributed by atoms with Gasteiger partial charge in [-0.3, -0.25) is 0 Å². The zero-order valence-corrected chi connectivity index (χ0v) is 9.96. The second kappa shape index (κ2) is 5.04. The van der Waals surface area contributed by atoms with E-state index in [1.54, 1.807) is 0 Å². The predicted octanol–water partition coefficient (Wildman–Crippen LogP) is 2.26. The average Bonchev–Trinajstić information content (AvgIpc) is 2.30. The maximum absolute atomic E-state index is 5.95.